The van der Waals surface area contributed by atoms with Crippen LogP contribution < -0.4 is 5.32 Å². The molecule has 0 aromatic carbocycles. The van der Waals surface area contributed by atoms with Gasteiger partial charge < -0.3 is 5.32 Å². The highest BCUT2D eigenvalue weighted by molar-refractivity contribution is 5.45. The SMILES string of the molecule is CCc1cc(NC(C)C(C)(C)C)n2ncnc2n1. The number of fused-ring (bicyclic) bond motifs is 1. The van der Waals surface area contributed by atoms with Gasteiger partial charge in [0.15, 0.2) is 0 Å². The third kappa shape index (κ3) is 2.44. The van der Waals surface area contributed by atoms with Crippen LogP contribution in [-0.2, 0) is 6.42 Å². The Morgan fingerprint density at radius 3 is 2.72 bits per heavy atom. The molecule has 18 heavy (non-hydrogen) atoms. The molecule has 1 unspecified atom stereocenters. The van der Waals surface area contributed by atoms with Crippen LogP contribution in [0.5, 0.6) is 0 Å². The van der Waals surface area contributed by atoms with Crippen molar-refractivity contribution in [2.24, 2.45) is 5.41 Å². The molecule has 0 saturated heterocycles. The third-order valence-corrected chi connectivity index (χ3v) is 3.33. The van der Waals surface area contributed by atoms with E-state index in [-0.39, 0.29) is 5.41 Å². The van der Waals surface area contributed by atoms with Crippen LogP contribution in [0.1, 0.15) is 40.3 Å². The highest BCUT2D eigenvalue weighted by Gasteiger charge is 2.21. The highest BCUT2D eigenvalue weighted by Crippen LogP contribution is 2.23. The Kier molecular flexibility index (Phi) is 3.24. The lowest BCUT2D eigenvalue weighted by atomic mass is 9.88. The molecule has 0 fully saturated rings. The summed E-state index contributed by atoms with van der Waals surface area (Å²) >= 11 is 0. The topological polar surface area (TPSA) is 55.1 Å². The third-order valence-electron chi connectivity index (χ3n) is 3.33. The number of nitrogens with zero attached hydrogens (tertiary/aromatic N) is 4. The van der Waals surface area contributed by atoms with E-state index in [0.29, 0.717) is 11.8 Å². The Balaban J connectivity index is 2.40. The van der Waals surface area contributed by atoms with Gasteiger partial charge in [-0.1, -0.05) is 27.7 Å². The zero-order chi connectivity index (χ0) is 13.3. The molecule has 2 rings (SSSR count). The van der Waals surface area contributed by atoms with Gasteiger partial charge in [0.05, 0.1) is 0 Å². The molecule has 0 aliphatic carbocycles. The number of nitrogens with one attached hydrogen (secondary N) is 1. The van der Waals surface area contributed by atoms with E-state index in [2.05, 4.69) is 55.0 Å². The molecule has 2 heterocycles. The van der Waals surface area contributed by atoms with Crippen LogP contribution in [-0.4, -0.2) is 25.6 Å². The second kappa shape index (κ2) is 4.55. The van der Waals surface area contributed by atoms with E-state index in [1.165, 1.54) is 6.33 Å². The number of aromatic nitrogens is 4. The maximum atomic E-state index is 4.43. The van der Waals surface area contributed by atoms with E-state index in [4.69, 9.17) is 0 Å². The number of hydrogen-bond donors (Lipinski definition) is 1. The molecule has 0 saturated carbocycles. The molecule has 0 radical (unpaired) electrons. The average Bonchev–Trinajstić information content (AvgIpc) is 2.75. The number of rotatable bonds is 3. The fraction of sp³-hybridized carbons (Fsp3) is 0.615. The molecule has 0 aliphatic rings. The minimum absolute atomic E-state index is 0.183. The molecule has 2 aromatic heterocycles. The van der Waals surface area contributed by atoms with Crippen molar-refractivity contribution in [3.05, 3.63) is 18.1 Å². The Labute approximate surface area is 108 Å². The van der Waals surface area contributed by atoms with Gasteiger partial charge in [-0.15, -0.1) is 0 Å². The number of anilines is 1. The minimum atomic E-state index is 0.183. The monoisotopic (exact) mass is 247 g/mol. The van der Waals surface area contributed by atoms with Crippen LogP contribution >= 0.6 is 0 Å². The second-order valence-corrected chi connectivity index (χ2v) is 5.69. The Morgan fingerprint density at radius 1 is 1.39 bits per heavy atom. The van der Waals surface area contributed by atoms with Crippen molar-refractivity contribution >= 4 is 11.6 Å². The molecule has 5 heteroatoms. The van der Waals surface area contributed by atoms with Gasteiger partial charge in [0.1, 0.15) is 12.1 Å². The van der Waals surface area contributed by atoms with Crippen molar-refractivity contribution in [3.63, 3.8) is 0 Å². The number of aryl methyl sites for hydroxylation is 1. The van der Waals surface area contributed by atoms with Gasteiger partial charge in [-0.25, -0.2) is 4.98 Å². The molecule has 1 N–H and O–H groups in total. The van der Waals surface area contributed by atoms with Gasteiger partial charge in [0, 0.05) is 17.8 Å². The maximum absolute atomic E-state index is 4.43. The molecule has 0 amide bonds. The second-order valence-electron chi connectivity index (χ2n) is 5.69. The average molecular weight is 247 g/mol. The lowest BCUT2D eigenvalue weighted by Crippen LogP contribution is -2.31. The van der Waals surface area contributed by atoms with E-state index >= 15 is 0 Å². The minimum Gasteiger partial charge on any atom is -0.367 e. The van der Waals surface area contributed by atoms with Crippen LogP contribution in [0.15, 0.2) is 12.4 Å². The van der Waals surface area contributed by atoms with Crippen molar-refractivity contribution in [1.29, 1.82) is 0 Å². The summed E-state index contributed by atoms with van der Waals surface area (Å²) in [6.07, 6.45) is 2.43. The molecule has 5 nitrogen and oxygen atoms in total. The number of hydrogen-bond acceptors (Lipinski definition) is 4. The van der Waals surface area contributed by atoms with E-state index in [0.717, 1.165) is 17.9 Å². The molecule has 2 aromatic rings. The molecular weight excluding hydrogens is 226 g/mol. The predicted octanol–water partition coefficient (Wildman–Crippen LogP) is 2.53. The van der Waals surface area contributed by atoms with Gasteiger partial charge in [-0.3, -0.25) is 0 Å². The highest BCUT2D eigenvalue weighted by atomic mass is 15.4. The van der Waals surface area contributed by atoms with Crippen molar-refractivity contribution in [2.45, 2.75) is 47.1 Å². The van der Waals surface area contributed by atoms with Crippen LogP contribution in [0.2, 0.25) is 0 Å². The van der Waals surface area contributed by atoms with Crippen molar-refractivity contribution in [3.8, 4) is 0 Å². The van der Waals surface area contributed by atoms with Crippen molar-refractivity contribution in [1.82, 2.24) is 19.6 Å². The van der Waals surface area contributed by atoms with E-state index in [1.54, 1.807) is 4.52 Å². The van der Waals surface area contributed by atoms with Gasteiger partial charge in [0.2, 0.25) is 0 Å². The fourth-order valence-corrected chi connectivity index (χ4v) is 1.58. The summed E-state index contributed by atoms with van der Waals surface area (Å²) in [6.45, 7) is 10.9. The van der Waals surface area contributed by atoms with Crippen LogP contribution in [0, 0.1) is 5.41 Å². The normalized spacial score (nSPS) is 13.8. The van der Waals surface area contributed by atoms with Gasteiger partial charge in [-0.2, -0.15) is 14.6 Å². The molecule has 0 aliphatic heterocycles. The first-order valence-electron chi connectivity index (χ1n) is 6.38. The Bertz CT molecular complexity index is 538. The van der Waals surface area contributed by atoms with Crippen molar-refractivity contribution in [2.75, 3.05) is 5.32 Å². The standard InChI is InChI=1S/C13H21N5/c1-6-10-7-11(16-9(2)13(3,4)5)18-12(17-10)14-8-15-18/h7-9,16H,6H2,1-5H3. The molecular formula is C13H21N5. The smallest absolute Gasteiger partial charge is 0.254 e. The zero-order valence-corrected chi connectivity index (χ0v) is 11.7. The predicted molar refractivity (Wildman–Crippen MR) is 72.7 cm³/mol. The van der Waals surface area contributed by atoms with E-state index in [9.17, 15) is 0 Å². The lowest BCUT2D eigenvalue weighted by molar-refractivity contribution is 0.358. The van der Waals surface area contributed by atoms with Crippen LogP contribution in [0.25, 0.3) is 5.78 Å². The van der Waals surface area contributed by atoms with E-state index in [1.807, 2.05) is 6.07 Å². The van der Waals surface area contributed by atoms with Crippen LogP contribution in [0.3, 0.4) is 0 Å². The first-order valence-corrected chi connectivity index (χ1v) is 6.38. The van der Waals surface area contributed by atoms with Gasteiger partial charge in [0.25, 0.3) is 5.78 Å². The molecule has 1 atom stereocenters. The quantitative estimate of drug-likeness (QED) is 0.905. The lowest BCUT2D eigenvalue weighted by Gasteiger charge is -2.29. The summed E-state index contributed by atoms with van der Waals surface area (Å²) in [5, 5.41) is 7.72. The Hall–Kier alpha value is -1.65. The fourth-order valence-electron chi connectivity index (χ4n) is 1.58. The first-order chi connectivity index (χ1) is 8.41. The van der Waals surface area contributed by atoms with Gasteiger partial charge >= 0.3 is 0 Å². The van der Waals surface area contributed by atoms with E-state index < -0.39 is 0 Å². The zero-order valence-electron chi connectivity index (χ0n) is 11.7. The summed E-state index contributed by atoms with van der Waals surface area (Å²) in [7, 11) is 0. The summed E-state index contributed by atoms with van der Waals surface area (Å²) in [6, 6.07) is 2.38. The Morgan fingerprint density at radius 2 is 2.11 bits per heavy atom. The van der Waals surface area contributed by atoms with Crippen molar-refractivity contribution < 1.29 is 0 Å². The van der Waals surface area contributed by atoms with Crippen LogP contribution in [0.4, 0.5) is 5.82 Å². The summed E-state index contributed by atoms with van der Waals surface area (Å²) in [5.74, 6) is 1.61. The first kappa shape index (κ1) is 12.8. The summed E-state index contributed by atoms with van der Waals surface area (Å²) in [5.41, 5.74) is 1.21. The molecule has 0 bridgehead atoms. The maximum Gasteiger partial charge on any atom is 0.254 e. The summed E-state index contributed by atoms with van der Waals surface area (Å²) in [4.78, 5) is 8.59. The molecule has 98 valence electrons. The summed E-state index contributed by atoms with van der Waals surface area (Å²) < 4.78 is 1.75. The van der Waals surface area contributed by atoms with Gasteiger partial charge in [-0.05, 0) is 18.8 Å². The molecule has 0 spiro atoms. The largest absolute Gasteiger partial charge is 0.367 e.